The maximum atomic E-state index is 5.83. The fourth-order valence-electron chi connectivity index (χ4n) is 1.51. The summed E-state index contributed by atoms with van der Waals surface area (Å²) in [4.78, 5) is 4.06. The predicted octanol–water partition coefficient (Wildman–Crippen LogP) is 3.93. The van der Waals surface area contributed by atoms with Gasteiger partial charge in [-0.2, -0.15) is 0 Å². The lowest BCUT2D eigenvalue weighted by molar-refractivity contribution is 0.766. The van der Waals surface area contributed by atoms with Crippen molar-refractivity contribution in [3.05, 3.63) is 45.9 Å². The Hall–Kier alpha value is -1.000. The average Bonchev–Trinajstić information content (AvgIpc) is 2.79. The van der Waals surface area contributed by atoms with Crippen LogP contribution in [-0.4, -0.2) is 9.55 Å². The van der Waals surface area contributed by atoms with E-state index in [9.17, 15) is 0 Å². The standard InChI is InChI=1S/C12H13BrClN3/c1-2-17-4-3-9(8-17)6-15-10-5-11(13)12(14)16-7-10/h3-5,7-8,15H,2,6H2,1H3. The number of aromatic nitrogens is 2. The minimum Gasteiger partial charge on any atom is -0.380 e. The molecule has 90 valence electrons. The Morgan fingerprint density at radius 3 is 3.00 bits per heavy atom. The summed E-state index contributed by atoms with van der Waals surface area (Å²) < 4.78 is 2.95. The molecule has 0 saturated carbocycles. The Labute approximate surface area is 114 Å². The zero-order chi connectivity index (χ0) is 12.3. The van der Waals surface area contributed by atoms with E-state index in [2.05, 4.69) is 56.2 Å². The van der Waals surface area contributed by atoms with Gasteiger partial charge in [-0.15, -0.1) is 0 Å². The van der Waals surface area contributed by atoms with Crippen molar-refractivity contribution in [2.45, 2.75) is 20.0 Å². The fraction of sp³-hybridized carbons (Fsp3) is 0.250. The minimum atomic E-state index is 0.479. The monoisotopic (exact) mass is 313 g/mol. The first-order valence-corrected chi connectivity index (χ1v) is 6.55. The van der Waals surface area contributed by atoms with Gasteiger partial charge in [0.2, 0.25) is 0 Å². The molecular weight excluding hydrogens is 302 g/mol. The highest BCUT2D eigenvalue weighted by Crippen LogP contribution is 2.23. The molecule has 0 aliphatic rings. The first-order chi connectivity index (χ1) is 8.19. The third-order valence-electron chi connectivity index (χ3n) is 2.47. The SMILES string of the molecule is CCn1ccc(CNc2cnc(Cl)c(Br)c2)c1. The quantitative estimate of drug-likeness (QED) is 0.867. The Morgan fingerprint density at radius 2 is 2.35 bits per heavy atom. The number of pyridine rings is 1. The van der Waals surface area contributed by atoms with E-state index in [4.69, 9.17) is 11.6 Å². The van der Waals surface area contributed by atoms with E-state index in [0.29, 0.717) is 5.15 Å². The minimum absolute atomic E-state index is 0.479. The third kappa shape index (κ3) is 3.23. The molecule has 17 heavy (non-hydrogen) atoms. The number of halogens is 2. The molecule has 0 amide bonds. The summed E-state index contributed by atoms with van der Waals surface area (Å²) in [5.41, 5.74) is 2.20. The molecule has 0 fully saturated rings. The first-order valence-electron chi connectivity index (χ1n) is 5.38. The van der Waals surface area contributed by atoms with Gasteiger partial charge in [0.15, 0.2) is 0 Å². The van der Waals surface area contributed by atoms with Gasteiger partial charge in [-0.25, -0.2) is 4.98 Å². The van der Waals surface area contributed by atoms with Crippen molar-refractivity contribution in [3.8, 4) is 0 Å². The van der Waals surface area contributed by atoms with Crippen LogP contribution < -0.4 is 5.32 Å². The van der Waals surface area contributed by atoms with Crippen molar-refractivity contribution < 1.29 is 0 Å². The lowest BCUT2D eigenvalue weighted by atomic mass is 10.3. The Kier molecular flexibility index (Phi) is 4.07. The maximum absolute atomic E-state index is 5.83. The van der Waals surface area contributed by atoms with Crippen molar-refractivity contribution in [1.82, 2.24) is 9.55 Å². The van der Waals surface area contributed by atoms with Crippen molar-refractivity contribution in [2.75, 3.05) is 5.32 Å². The Balaban J connectivity index is 1.99. The molecule has 1 N–H and O–H groups in total. The van der Waals surface area contributed by atoms with Gasteiger partial charge in [0.1, 0.15) is 5.15 Å². The summed E-state index contributed by atoms with van der Waals surface area (Å²) in [5, 5.41) is 3.78. The zero-order valence-electron chi connectivity index (χ0n) is 9.45. The molecule has 0 unspecified atom stereocenters. The van der Waals surface area contributed by atoms with E-state index in [0.717, 1.165) is 23.2 Å². The van der Waals surface area contributed by atoms with Crippen molar-refractivity contribution in [1.29, 1.82) is 0 Å². The number of anilines is 1. The van der Waals surface area contributed by atoms with Gasteiger partial charge >= 0.3 is 0 Å². The number of hydrogen-bond acceptors (Lipinski definition) is 2. The highest BCUT2D eigenvalue weighted by atomic mass is 79.9. The average molecular weight is 315 g/mol. The van der Waals surface area contributed by atoms with E-state index in [1.807, 2.05) is 6.07 Å². The molecule has 5 heteroatoms. The summed E-state index contributed by atoms with van der Waals surface area (Å²) in [6.45, 7) is 3.90. The van der Waals surface area contributed by atoms with Crippen LogP contribution in [0.3, 0.4) is 0 Å². The van der Waals surface area contributed by atoms with Gasteiger partial charge in [-0.3, -0.25) is 0 Å². The summed E-state index contributed by atoms with van der Waals surface area (Å²) in [6, 6.07) is 4.03. The number of aryl methyl sites for hydroxylation is 1. The van der Waals surface area contributed by atoms with Crippen LogP contribution in [0, 0.1) is 0 Å². The molecule has 2 aromatic rings. The maximum Gasteiger partial charge on any atom is 0.143 e. The van der Waals surface area contributed by atoms with Crippen LogP contribution in [0.4, 0.5) is 5.69 Å². The van der Waals surface area contributed by atoms with Crippen LogP contribution in [0.15, 0.2) is 35.2 Å². The molecule has 0 aliphatic carbocycles. The molecule has 3 nitrogen and oxygen atoms in total. The Morgan fingerprint density at radius 1 is 1.53 bits per heavy atom. The van der Waals surface area contributed by atoms with Crippen LogP contribution in [0.2, 0.25) is 5.15 Å². The third-order valence-corrected chi connectivity index (χ3v) is 3.60. The number of hydrogen-bond donors (Lipinski definition) is 1. The molecule has 0 radical (unpaired) electrons. The van der Waals surface area contributed by atoms with Gasteiger partial charge in [0, 0.05) is 25.5 Å². The van der Waals surface area contributed by atoms with E-state index < -0.39 is 0 Å². The van der Waals surface area contributed by atoms with E-state index in [1.54, 1.807) is 6.20 Å². The lowest BCUT2D eigenvalue weighted by Gasteiger charge is -2.05. The van der Waals surface area contributed by atoms with E-state index >= 15 is 0 Å². The van der Waals surface area contributed by atoms with E-state index in [-0.39, 0.29) is 0 Å². The number of nitrogens with zero attached hydrogens (tertiary/aromatic N) is 2. The van der Waals surface area contributed by atoms with Crippen LogP contribution in [0.5, 0.6) is 0 Å². The zero-order valence-corrected chi connectivity index (χ0v) is 11.8. The molecule has 0 bridgehead atoms. The summed E-state index contributed by atoms with van der Waals surface area (Å²) in [6.07, 6.45) is 5.93. The second-order valence-corrected chi connectivity index (χ2v) is 4.91. The van der Waals surface area contributed by atoms with Crippen LogP contribution >= 0.6 is 27.5 Å². The normalized spacial score (nSPS) is 10.5. The molecular formula is C12H13BrClN3. The molecule has 0 atom stereocenters. The van der Waals surface area contributed by atoms with Crippen LogP contribution in [0.1, 0.15) is 12.5 Å². The molecule has 2 rings (SSSR count). The van der Waals surface area contributed by atoms with Crippen molar-refractivity contribution in [2.24, 2.45) is 0 Å². The summed E-state index contributed by atoms with van der Waals surface area (Å²) in [7, 11) is 0. The second kappa shape index (κ2) is 5.56. The van der Waals surface area contributed by atoms with Gasteiger partial charge < -0.3 is 9.88 Å². The fourth-order valence-corrected chi connectivity index (χ4v) is 1.97. The van der Waals surface area contributed by atoms with Gasteiger partial charge in [-0.05, 0) is 40.5 Å². The lowest BCUT2D eigenvalue weighted by Crippen LogP contribution is -1.99. The summed E-state index contributed by atoms with van der Waals surface area (Å²) >= 11 is 9.18. The highest BCUT2D eigenvalue weighted by Gasteiger charge is 2.01. The Bertz CT molecular complexity index is 510. The van der Waals surface area contributed by atoms with Crippen LogP contribution in [-0.2, 0) is 13.1 Å². The largest absolute Gasteiger partial charge is 0.380 e. The molecule has 0 saturated heterocycles. The molecule has 0 aliphatic heterocycles. The molecule has 0 spiro atoms. The van der Waals surface area contributed by atoms with Crippen LogP contribution in [0.25, 0.3) is 0 Å². The second-order valence-electron chi connectivity index (χ2n) is 3.70. The van der Waals surface area contributed by atoms with Crippen molar-refractivity contribution in [3.63, 3.8) is 0 Å². The van der Waals surface area contributed by atoms with Gasteiger partial charge in [0.05, 0.1) is 16.4 Å². The first kappa shape index (κ1) is 12.5. The van der Waals surface area contributed by atoms with Gasteiger partial charge in [-0.1, -0.05) is 11.6 Å². The van der Waals surface area contributed by atoms with Crippen molar-refractivity contribution >= 4 is 33.2 Å². The highest BCUT2D eigenvalue weighted by molar-refractivity contribution is 9.10. The number of rotatable bonds is 4. The number of nitrogens with one attached hydrogen (secondary N) is 1. The van der Waals surface area contributed by atoms with Gasteiger partial charge in [0.25, 0.3) is 0 Å². The predicted molar refractivity (Wildman–Crippen MR) is 74.4 cm³/mol. The molecule has 2 heterocycles. The van der Waals surface area contributed by atoms with E-state index in [1.165, 1.54) is 5.56 Å². The topological polar surface area (TPSA) is 29.9 Å². The summed E-state index contributed by atoms with van der Waals surface area (Å²) in [5.74, 6) is 0. The smallest absolute Gasteiger partial charge is 0.143 e. The molecule has 2 aromatic heterocycles. The molecule has 0 aromatic carbocycles.